The van der Waals surface area contributed by atoms with Gasteiger partial charge < -0.3 is 10.4 Å². The fourth-order valence-electron chi connectivity index (χ4n) is 7.22. The van der Waals surface area contributed by atoms with Gasteiger partial charge >= 0.3 is 5.66 Å². The number of hydrogen-bond donors (Lipinski definition) is 2. The molecule has 7 atom stereocenters. The highest BCUT2D eigenvalue weighted by atomic mass is 16.3. The van der Waals surface area contributed by atoms with Gasteiger partial charge in [0.2, 0.25) is 0 Å². The van der Waals surface area contributed by atoms with Gasteiger partial charge in [-0.25, -0.2) is 0 Å². The molecule has 152 valence electrons. The number of Topliss-reactive ketones (excluding diaryl/α,β-unsaturated/α-hetero) is 1. The van der Waals surface area contributed by atoms with Gasteiger partial charge in [0.05, 0.1) is 24.5 Å². The topological polar surface area (TPSA) is 74.0 Å². The van der Waals surface area contributed by atoms with Crippen molar-refractivity contribution in [1.82, 2.24) is 10.2 Å². The van der Waals surface area contributed by atoms with Crippen LogP contribution in [0.5, 0.6) is 0 Å². The number of rotatable bonds is 3. The Morgan fingerprint density at radius 1 is 1.29 bits per heavy atom. The first-order valence-electron chi connectivity index (χ1n) is 10.5. The molecule has 1 amide bonds. The monoisotopic (exact) mass is 386 g/mol. The van der Waals surface area contributed by atoms with Crippen LogP contribution in [0.15, 0.2) is 12.2 Å². The molecule has 1 aliphatic heterocycles. The zero-order valence-corrected chi connectivity index (χ0v) is 17.1. The maximum Gasteiger partial charge on any atom is 0.366 e. The van der Waals surface area contributed by atoms with E-state index in [1.54, 1.807) is 11.0 Å². The van der Waals surface area contributed by atoms with E-state index in [0.717, 1.165) is 32.1 Å². The van der Waals surface area contributed by atoms with Gasteiger partial charge in [0.15, 0.2) is 5.78 Å². The van der Waals surface area contributed by atoms with Crippen molar-refractivity contribution in [3.05, 3.63) is 17.0 Å². The standard InChI is InChI=1S/C22H32N3O3/c1-20-8-6-15-14(16(20)13-17(19(20)28)24-11-12-26)5-10-22(23-3)21(15,2)9-7-18(27)25(22)4/h3,7,9,14-17,24,26H,5-6,8,10-13H2,1-2,4H3/q+1/t14?,15?,16-,17-,20-,21+,22+/m0/s1. The lowest BCUT2D eigenvalue weighted by Gasteiger charge is -2.58. The molecule has 0 spiro atoms. The fourth-order valence-corrected chi connectivity index (χ4v) is 7.22. The Bertz CT molecular complexity index is 773. The quantitative estimate of drug-likeness (QED) is 0.779. The molecule has 0 saturated heterocycles. The van der Waals surface area contributed by atoms with Crippen LogP contribution in [0.4, 0.5) is 0 Å². The molecule has 3 aliphatic carbocycles. The smallest absolute Gasteiger partial charge is 0.366 e. The van der Waals surface area contributed by atoms with Gasteiger partial charge in [-0.05, 0) is 50.4 Å². The molecule has 1 heterocycles. The molecule has 6 heteroatoms. The number of ketones is 1. The normalized spacial score (nSPS) is 47.3. The molecule has 0 aromatic carbocycles. The molecule has 28 heavy (non-hydrogen) atoms. The van der Waals surface area contributed by atoms with E-state index in [0.29, 0.717) is 30.1 Å². The molecule has 2 unspecified atom stereocenters. The number of carbonyl (C=O) groups is 2. The molecule has 4 rings (SSSR count). The van der Waals surface area contributed by atoms with Crippen LogP contribution in [-0.4, -0.2) is 53.6 Å². The van der Waals surface area contributed by atoms with Gasteiger partial charge in [0.25, 0.3) is 12.5 Å². The molecule has 2 N–H and O–H groups in total. The Labute approximate surface area is 167 Å². The molecule has 0 aromatic heterocycles. The van der Waals surface area contributed by atoms with Gasteiger partial charge in [-0.1, -0.05) is 17.8 Å². The highest BCUT2D eigenvalue weighted by molar-refractivity contribution is 5.92. The van der Waals surface area contributed by atoms with Crippen LogP contribution >= 0.6 is 0 Å². The third-order valence-electron chi connectivity index (χ3n) is 8.83. The third kappa shape index (κ3) is 2.26. The van der Waals surface area contributed by atoms with Crippen LogP contribution < -0.4 is 5.32 Å². The minimum absolute atomic E-state index is 0.0426. The molecule has 3 fully saturated rings. The van der Waals surface area contributed by atoms with E-state index in [4.69, 9.17) is 11.7 Å². The molecule has 0 aromatic rings. The fraction of sp³-hybridized carbons (Fsp3) is 0.773. The number of aliphatic hydroxyl groups excluding tert-OH is 1. The number of carbonyl (C=O) groups excluding carboxylic acids is 2. The summed E-state index contributed by atoms with van der Waals surface area (Å²) in [5, 5.41) is 12.4. The highest BCUT2D eigenvalue weighted by Crippen LogP contribution is 2.65. The number of aliphatic hydroxyl groups is 1. The molecule has 3 saturated carbocycles. The summed E-state index contributed by atoms with van der Waals surface area (Å²) < 4.78 is 0. The summed E-state index contributed by atoms with van der Waals surface area (Å²) in [5.74, 6) is 1.33. The Hall–Kier alpha value is -1.71. The van der Waals surface area contributed by atoms with E-state index in [1.165, 1.54) is 0 Å². The summed E-state index contributed by atoms with van der Waals surface area (Å²) in [6.07, 6.45) is 8.00. The minimum Gasteiger partial charge on any atom is -0.395 e. The molecule has 0 bridgehead atoms. The van der Waals surface area contributed by atoms with Gasteiger partial charge in [-0.3, -0.25) is 14.5 Å². The second-order valence-electron chi connectivity index (χ2n) is 9.66. The number of fused-ring (bicyclic) bond motifs is 5. The number of nitrogens with zero attached hydrogens (tertiary/aromatic N) is 2. The predicted molar refractivity (Wildman–Crippen MR) is 107 cm³/mol. The molecular weight excluding hydrogens is 354 g/mol. The van der Waals surface area contributed by atoms with Crippen LogP contribution in [0.2, 0.25) is 0 Å². The van der Waals surface area contributed by atoms with Crippen molar-refractivity contribution in [2.45, 2.75) is 57.7 Å². The molecule has 0 radical (unpaired) electrons. The predicted octanol–water partition coefficient (Wildman–Crippen LogP) is 2.05. The Morgan fingerprint density at radius 3 is 2.71 bits per heavy atom. The van der Waals surface area contributed by atoms with Crippen molar-refractivity contribution in [3.8, 4) is 6.57 Å². The van der Waals surface area contributed by atoms with E-state index in [2.05, 4.69) is 24.0 Å². The summed E-state index contributed by atoms with van der Waals surface area (Å²) >= 11 is 0. The number of amides is 1. The van der Waals surface area contributed by atoms with E-state index >= 15 is 0 Å². The Kier molecular flexibility index (Phi) is 4.48. The molecule has 4 aliphatic rings. The van der Waals surface area contributed by atoms with Crippen LogP contribution in [-0.2, 0) is 9.59 Å². The lowest BCUT2D eigenvalue weighted by molar-refractivity contribution is -0.151. The van der Waals surface area contributed by atoms with Crippen LogP contribution in [0.1, 0.15) is 46.0 Å². The van der Waals surface area contributed by atoms with Crippen molar-refractivity contribution >= 4 is 11.7 Å². The van der Waals surface area contributed by atoms with Crippen LogP contribution in [0, 0.1) is 35.2 Å². The van der Waals surface area contributed by atoms with Gasteiger partial charge in [-0.2, -0.15) is 0 Å². The summed E-state index contributed by atoms with van der Waals surface area (Å²) in [6.45, 7) is 10.8. The van der Waals surface area contributed by atoms with E-state index in [9.17, 15) is 9.59 Å². The van der Waals surface area contributed by atoms with Crippen LogP contribution in [0.3, 0.4) is 0 Å². The van der Waals surface area contributed by atoms with Crippen molar-refractivity contribution in [3.63, 3.8) is 0 Å². The SMILES string of the molecule is C#[N+][C@@]12CCC3C(CC[C@]4(C)C(=O)[C@@H](NCCO)C[C@@H]34)[C@@]1(C)C=CC(=O)N2C. The van der Waals surface area contributed by atoms with E-state index < -0.39 is 5.66 Å². The average molecular weight is 387 g/mol. The first-order chi connectivity index (χ1) is 13.2. The first-order valence-corrected chi connectivity index (χ1v) is 10.5. The van der Waals surface area contributed by atoms with Gasteiger partial charge in [-0.15, -0.1) is 0 Å². The number of likely N-dealkylation sites (N-methyl/N-ethyl adjacent to an activating group) is 1. The summed E-state index contributed by atoms with van der Waals surface area (Å²) in [5.41, 5.74) is -1.33. The van der Waals surface area contributed by atoms with Crippen molar-refractivity contribution in [1.29, 1.82) is 0 Å². The second kappa shape index (κ2) is 6.40. The van der Waals surface area contributed by atoms with Crippen LogP contribution in [0.25, 0.3) is 4.85 Å². The van der Waals surface area contributed by atoms with Gasteiger partial charge in [0.1, 0.15) is 0 Å². The summed E-state index contributed by atoms with van der Waals surface area (Å²) in [7, 11) is 1.81. The third-order valence-corrected chi connectivity index (χ3v) is 8.83. The van der Waals surface area contributed by atoms with Crippen molar-refractivity contribution in [2.75, 3.05) is 20.2 Å². The van der Waals surface area contributed by atoms with Crippen molar-refractivity contribution < 1.29 is 14.7 Å². The largest absolute Gasteiger partial charge is 0.395 e. The highest BCUT2D eigenvalue weighted by Gasteiger charge is 2.72. The van der Waals surface area contributed by atoms with Crippen molar-refractivity contribution in [2.24, 2.45) is 28.6 Å². The second-order valence-corrected chi connectivity index (χ2v) is 9.66. The minimum atomic E-state index is -0.703. The zero-order chi connectivity index (χ0) is 20.3. The number of hydrogen-bond acceptors (Lipinski definition) is 4. The maximum atomic E-state index is 13.2. The first kappa shape index (κ1) is 19.6. The lowest BCUT2D eigenvalue weighted by Crippen LogP contribution is -2.66. The zero-order valence-electron chi connectivity index (χ0n) is 17.1. The number of nitrogens with one attached hydrogen (secondary N) is 1. The van der Waals surface area contributed by atoms with Gasteiger partial charge in [0, 0.05) is 25.1 Å². The Morgan fingerprint density at radius 2 is 2.04 bits per heavy atom. The summed E-state index contributed by atoms with van der Waals surface area (Å²) in [4.78, 5) is 31.6. The lowest BCUT2D eigenvalue weighted by atomic mass is 9.47. The van der Waals surface area contributed by atoms with E-state index in [-0.39, 0.29) is 29.4 Å². The average Bonchev–Trinajstić information content (AvgIpc) is 2.94. The molecule has 6 nitrogen and oxygen atoms in total. The maximum absolute atomic E-state index is 13.2. The Balaban J connectivity index is 1.70. The van der Waals surface area contributed by atoms with E-state index in [1.807, 2.05) is 13.1 Å². The summed E-state index contributed by atoms with van der Waals surface area (Å²) in [6, 6.07) is -0.161. The molecular formula is C22H32N3O3+.